The van der Waals surface area contributed by atoms with Crippen LogP contribution in [-0.2, 0) is 14.3 Å². The van der Waals surface area contributed by atoms with E-state index in [-0.39, 0.29) is 17.9 Å². The topological polar surface area (TPSA) is 75.6 Å². The van der Waals surface area contributed by atoms with Gasteiger partial charge in [0.2, 0.25) is 5.91 Å². The van der Waals surface area contributed by atoms with Gasteiger partial charge in [-0.05, 0) is 31.6 Å². The van der Waals surface area contributed by atoms with Crippen molar-refractivity contribution in [3.05, 3.63) is 0 Å². The van der Waals surface area contributed by atoms with E-state index in [1.807, 2.05) is 6.92 Å². The van der Waals surface area contributed by atoms with E-state index in [0.717, 1.165) is 58.2 Å². The predicted molar refractivity (Wildman–Crippen MR) is 83.5 cm³/mol. The molecule has 1 aliphatic carbocycles. The molecule has 3 unspecified atom stereocenters. The molecule has 1 saturated carbocycles. The summed E-state index contributed by atoms with van der Waals surface area (Å²) >= 11 is 0. The minimum atomic E-state index is -0.772. The monoisotopic (exact) mass is 311 g/mol. The Kier molecular flexibility index (Phi) is 6.68. The summed E-state index contributed by atoms with van der Waals surface area (Å²) < 4.78 is 5.35. The molecule has 0 spiro atoms. The largest absolute Gasteiger partial charge is 0.481 e. The third-order valence-corrected chi connectivity index (χ3v) is 5.30. The molecular formula is C17H29NO4. The molecule has 1 heterocycles. The molecule has 0 aromatic heterocycles. The lowest BCUT2D eigenvalue weighted by Crippen LogP contribution is -2.47. The first-order chi connectivity index (χ1) is 10.6. The van der Waals surface area contributed by atoms with Gasteiger partial charge in [-0.3, -0.25) is 9.59 Å². The Bertz CT molecular complexity index is 379. The third kappa shape index (κ3) is 4.70. The van der Waals surface area contributed by atoms with E-state index in [1.165, 1.54) is 0 Å². The van der Waals surface area contributed by atoms with Gasteiger partial charge < -0.3 is 15.2 Å². The zero-order valence-corrected chi connectivity index (χ0v) is 13.6. The lowest BCUT2D eigenvalue weighted by Gasteiger charge is -2.31. The van der Waals surface area contributed by atoms with Crippen LogP contribution in [0, 0.1) is 17.8 Å². The van der Waals surface area contributed by atoms with Crippen molar-refractivity contribution in [3.8, 4) is 0 Å². The van der Waals surface area contributed by atoms with E-state index < -0.39 is 11.9 Å². The zero-order chi connectivity index (χ0) is 15.9. The number of carboxylic acid groups (broad SMARTS) is 1. The number of amides is 1. The minimum absolute atomic E-state index is 0.0173. The number of rotatable bonds is 4. The lowest BCUT2D eigenvalue weighted by atomic mass is 9.84. The minimum Gasteiger partial charge on any atom is -0.481 e. The summed E-state index contributed by atoms with van der Waals surface area (Å²) in [6, 6.07) is -0.215. The van der Waals surface area contributed by atoms with Crippen LogP contribution in [0.2, 0.25) is 0 Å². The first kappa shape index (κ1) is 17.3. The highest BCUT2D eigenvalue weighted by Crippen LogP contribution is 2.26. The highest BCUT2D eigenvalue weighted by molar-refractivity contribution is 5.80. The number of carboxylic acids is 1. The normalized spacial score (nSPS) is 29.1. The maximum Gasteiger partial charge on any atom is 0.308 e. The third-order valence-electron chi connectivity index (χ3n) is 5.30. The van der Waals surface area contributed by atoms with Crippen LogP contribution in [0.15, 0.2) is 0 Å². The quantitative estimate of drug-likeness (QED) is 0.837. The van der Waals surface area contributed by atoms with Gasteiger partial charge in [0.15, 0.2) is 0 Å². The standard InChI is InChI=1S/C17H29NO4/c1-12(13-8-10-22-11-9-13)16(19)18-15-7-5-3-2-4-6-14(15)17(20)21/h12-15H,2-11H2,1H3,(H,18,19)(H,20,21). The molecule has 126 valence electrons. The van der Waals surface area contributed by atoms with Gasteiger partial charge in [-0.15, -0.1) is 0 Å². The first-order valence-electron chi connectivity index (χ1n) is 8.70. The van der Waals surface area contributed by atoms with Gasteiger partial charge in [0.25, 0.3) is 0 Å². The maximum atomic E-state index is 12.5. The Hall–Kier alpha value is -1.10. The molecule has 3 atom stereocenters. The Morgan fingerprint density at radius 2 is 1.68 bits per heavy atom. The summed E-state index contributed by atoms with van der Waals surface area (Å²) in [5, 5.41) is 12.5. The summed E-state index contributed by atoms with van der Waals surface area (Å²) in [6.45, 7) is 3.41. The summed E-state index contributed by atoms with van der Waals surface area (Å²) in [5.41, 5.74) is 0. The van der Waals surface area contributed by atoms with Crippen LogP contribution in [0.3, 0.4) is 0 Å². The molecule has 0 aromatic rings. The van der Waals surface area contributed by atoms with Crippen molar-refractivity contribution in [2.24, 2.45) is 17.8 Å². The number of ether oxygens (including phenoxy) is 1. The Balaban J connectivity index is 1.94. The van der Waals surface area contributed by atoms with Gasteiger partial charge in [0.05, 0.1) is 5.92 Å². The van der Waals surface area contributed by atoms with Crippen molar-refractivity contribution < 1.29 is 19.4 Å². The summed E-state index contributed by atoms with van der Waals surface area (Å²) in [5.74, 6) is -0.907. The molecular weight excluding hydrogens is 282 g/mol. The fourth-order valence-corrected chi connectivity index (χ4v) is 3.70. The maximum absolute atomic E-state index is 12.5. The molecule has 2 fully saturated rings. The van der Waals surface area contributed by atoms with Crippen LogP contribution in [0.5, 0.6) is 0 Å². The predicted octanol–water partition coefficient (Wildman–Crippen LogP) is 2.59. The second kappa shape index (κ2) is 8.51. The smallest absolute Gasteiger partial charge is 0.308 e. The van der Waals surface area contributed by atoms with E-state index in [4.69, 9.17) is 4.74 Å². The molecule has 1 amide bonds. The van der Waals surface area contributed by atoms with Crippen LogP contribution in [0.1, 0.15) is 58.3 Å². The summed E-state index contributed by atoms with van der Waals surface area (Å²) in [6.07, 6.45) is 7.47. The molecule has 5 heteroatoms. The van der Waals surface area contributed by atoms with Crippen LogP contribution in [0.4, 0.5) is 0 Å². The Morgan fingerprint density at radius 1 is 1.05 bits per heavy atom. The number of carbonyl (C=O) groups is 2. The highest BCUT2D eigenvalue weighted by Gasteiger charge is 2.33. The molecule has 22 heavy (non-hydrogen) atoms. The average Bonchev–Trinajstić information content (AvgIpc) is 2.49. The van der Waals surface area contributed by atoms with Crippen molar-refractivity contribution in [1.29, 1.82) is 0 Å². The van der Waals surface area contributed by atoms with Gasteiger partial charge >= 0.3 is 5.97 Å². The molecule has 5 nitrogen and oxygen atoms in total. The number of aliphatic carboxylic acids is 1. The van der Waals surface area contributed by atoms with Crippen molar-refractivity contribution in [3.63, 3.8) is 0 Å². The molecule has 2 aliphatic rings. The first-order valence-corrected chi connectivity index (χ1v) is 8.70. The van der Waals surface area contributed by atoms with Crippen molar-refractivity contribution in [1.82, 2.24) is 5.32 Å². The fraction of sp³-hybridized carbons (Fsp3) is 0.882. The fourth-order valence-electron chi connectivity index (χ4n) is 3.70. The van der Waals surface area contributed by atoms with Crippen LogP contribution in [0.25, 0.3) is 0 Å². The van der Waals surface area contributed by atoms with Gasteiger partial charge in [-0.2, -0.15) is 0 Å². The Labute approximate surface area is 132 Å². The van der Waals surface area contributed by atoms with Gasteiger partial charge in [-0.1, -0.05) is 32.6 Å². The van der Waals surface area contributed by atoms with Gasteiger partial charge in [0, 0.05) is 25.2 Å². The van der Waals surface area contributed by atoms with Crippen molar-refractivity contribution in [2.45, 2.75) is 64.3 Å². The van der Waals surface area contributed by atoms with E-state index in [9.17, 15) is 14.7 Å². The second-order valence-electron chi connectivity index (χ2n) is 6.79. The Morgan fingerprint density at radius 3 is 2.32 bits per heavy atom. The van der Waals surface area contributed by atoms with E-state index >= 15 is 0 Å². The molecule has 0 radical (unpaired) electrons. The summed E-state index contributed by atoms with van der Waals surface area (Å²) in [7, 11) is 0. The molecule has 2 N–H and O–H groups in total. The number of nitrogens with one attached hydrogen (secondary N) is 1. The number of carbonyl (C=O) groups excluding carboxylic acids is 1. The molecule has 2 rings (SSSR count). The highest BCUT2D eigenvalue weighted by atomic mass is 16.5. The zero-order valence-electron chi connectivity index (χ0n) is 13.6. The summed E-state index contributed by atoms with van der Waals surface area (Å²) in [4.78, 5) is 24.0. The van der Waals surface area contributed by atoms with Crippen LogP contribution < -0.4 is 5.32 Å². The van der Waals surface area contributed by atoms with Crippen molar-refractivity contribution >= 4 is 11.9 Å². The lowest BCUT2D eigenvalue weighted by molar-refractivity contribution is -0.144. The molecule has 0 bridgehead atoms. The molecule has 1 aliphatic heterocycles. The average molecular weight is 311 g/mol. The van der Waals surface area contributed by atoms with Crippen molar-refractivity contribution in [2.75, 3.05) is 13.2 Å². The number of hydrogen-bond donors (Lipinski definition) is 2. The van der Waals surface area contributed by atoms with Crippen LogP contribution in [-0.4, -0.2) is 36.2 Å². The van der Waals surface area contributed by atoms with Gasteiger partial charge in [-0.25, -0.2) is 0 Å². The second-order valence-corrected chi connectivity index (χ2v) is 6.79. The molecule has 0 aromatic carbocycles. The van der Waals surface area contributed by atoms with Gasteiger partial charge in [0.1, 0.15) is 0 Å². The molecule has 1 saturated heterocycles. The SMILES string of the molecule is CC(C(=O)NC1CCCCCCC1C(=O)O)C1CCOCC1. The van der Waals surface area contributed by atoms with E-state index in [2.05, 4.69) is 5.32 Å². The van der Waals surface area contributed by atoms with E-state index in [0.29, 0.717) is 12.3 Å². The van der Waals surface area contributed by atoms with Crippen LogP contribution >= 0.6 is 0 Å². The van der Waals surface area contributed by atoms with E-state index in [1.54, 1.807) is 0 Å². The number of hydrogen-bond acceptors (Lipinski definition) is 3.